The molecular weight excluding hydrogens is 388 g/mol. The maximum absolute atomic E-state index is 11.8. The molecule has 0 saturated heterocycles. The first-order valence-corrected chi connectivity index (χ1v) is 12.4. The third kappa shape index (κ3) is 16.3. The van der Waals surface area contributed by atoms with Crippen LogP contribution in [-0.2, 0) is 9.53 Å². The molecule has 0 aliphatic rings. The summed E-state index contributed by atoms with van der Waals surface area (Å²) in [6.45, 7) is 5.11. The molecule has 1 rings (SSSR count). The smallest absolute Gasteiger partial charge is 0.319 e. The summed E-state index contributed by atoms with van der Waals surface area (Å²) in [4.78, 5) is 23.1. The Hall–Kier alpha value is -2.04. The van der Waals surface area contributed by atoms with E-state index in [4.69, 9.17) is 4.74 Å². The molecule has 5 heteroatoms. The van der Waals surface area contributed by atoms with Crippen LogP contribution in [0.4, 0.5) is 10.5 Å². The van der Waals surface area contributed by atoms with Crippen molar-refractivity contribution in [3.63, 3.8) is 0 Å². The molecule has 0 unspecified atom stereocenters. The number of urea groups is 1. The number of ether oxygens (including phenoxy) is 1. The van der Waals surface area contributed by atoms with Crippen LogP contribution in [0.2, 0.25) is 0 Å². The average Bonchev–Trinajstić information content (AvgIpc) is 2.75. The molecule has 2 amide bonds. The Morgan fingerprint density at radius 1 is 0.742 bits per heavy atom. The lowest BCUT2D eigenvalue weighted by Crippen LogP contribution is -2.29. The summed E-state index contributed by atoms with van der Waals surface area (Å²) in [5, 5.41) is 5.79. The molecule has 31 heavy (non-hydrogen) atoms. The van der Waals surface area contributed by atoms with Gasteiger partial charge in [0.25, 0.3) is 0 Å². The zero-order chi connectivity index (χ0) is 22.6. The molecule has 1 aromatic carbocycles. The standard InChI is InChI=1S/C26H44N2O3/c1-3-31-25(29)17-15-13-11-9-7-5-4-6-8-10-12-14-16-22-27-26(30)28-24-20-18-23(2)19-21-24/h18-21H,3-17,22H2,1-2H3,(H2,27,28,30). The van der Waals surface area contributed by atoms with Gasteiger partial charge in [-0.25, -0.2) is 4.79 Å². The number of aryl methyl sites for hydroxylation is 1. The van der Waals surface area contributed by atoms with Gasteiger partial charge in [-0.2, -0.15) is 0 Å². The highest BCUT2D eigenvalue weighted by molar-refractivity contribution is 5.89. The number of benzene rings is 1. The van der Waals surface area contributed by atoms with E-state index >= 15 is 0 Å². The minimum Gasteiger partial charge on any atom is -0.466 e. The van der Waals surface area contributed by atoms with Crippen LogP contribution in [0.3, 0.4) is 0 Å². The van der Waals surface area contributed by atoms with Gasteiger partial charge in [0.15, 0.2) is 0 Å². The minimum absolute atomic E-state index is 0.0534. The van der Waals surface area contributed by atoms with Crippen molar-refractivity contribution in [2.24, 2.45) is 0 Å². The highest BCUT2D eigenvalue weighted by Crippen LogP contribution is 2.13. The maximum Gasteiger partial charge on any atom is 0.319 e. The van der Waals surface area contributed by atoms with Gasteiger partial charge in [-0.15, -0.1) is 0 Å². The molecule has 0 spiro atoms. The lowest BCUT2D eigenvalue weighted by Gasteiger charge is -2.08. The normalized spacial score (nSPS) is 10.6. The molecule has 0 atom stereocenters. The van der Waals surface area contributed by atoms with Crippen LogP contribution >= 0.6 is 0 Å². The van der Waals surface area contributed by atoms with Gasteiger partial charge in [-0.05, 0) is 38.8 Å². The number of unbranched alkanes of at least 4 members (excludes halogenated alkanes) is 12. The van der Waals surface area contributed by atoms with E-state index in [9.17, 15) is 9.59 Å². The fourth-order valence-corrected chi connectivity index (χ4v) is 3.59. The first-order chi connectivity index (χ1) is 15.1. The summed E-state index contributed by atoms with van der Waals surface area (Å²) in [6, 6.07) is 7.70. The van der Waals surface area contributed by atoms with E-state index in [-0.39, 0.29) is 12.0 Å². The van der Waals surface area contributed by atoms with E-state index in [1.807, 2.05) is 38.1 Å². The van der Waals surface area contributed by atoms with Crippen molar-refractivity contribution in [2.75, 3.05) is 18.5 Å². The SMILES string of the molecule is CCOC(=O)CCCCCCCCCCCCCCCNC(=O)Nc1ccc(C)cc1. The third-order valence-electron chi connectivity index (χ3n) is 5.46. The molecule has 1 aromatic rings. The van der Waals surface area contributed by atoms with Crippen LogP contribution in [0.5, 0.6) is 0 Å². The number of carbonyl (C=O) groups excluding carboxylic acids is 2. The summed E-state index contributed by atoms with van der Waals surface area (Å²) in [7, 11) is 0. The molecule has 0 aromatic heterocycles. The zero-order valence-corrected chi connectivity index (χ0v) is 19.8. The summed E-state index contributed by atoms with van der Waals surface area (Å²) in [6.07, 6.45) is 16.6. The van der Waals surface area contributed by atoms with Crippen molar-refractivity contribution in [3.8, 4) is 0 Å². The van der Waals surface area contributed by atoms with Crippen molar-refractivity contribution < 1.29 is 14.3 Å². The van der Waals surface area contributed by atoms with Gasteiger partial charge < -0.3 is 15.4 Å². The number of rotatable bonds is 18. The maximum atomic E-state index is 11.8. The van der Waals surface area contributed by atoms with E-state index in [1.54, 1.807) is 0 Å². The minimum atomic E-state index is -0.122. The van der Waals surface area contributed by atoms with Crippen LogP contribution in [0.15, 0.2) is 24.3 Å². The van der Waals surface area contributed by atoms with Gasteiger partial charge in [-0.1, -0.05) is 88.3 Å². The molecular formula is C26H44N2O3. The van der Waals surface area contributed by atoms with Gasteiger partial charge >= 0.3 is 12.0 Å². The van der Waals surface area contributed by atoms with Crippen LogP contribution in [0, 0.1) is 6.92 Å². The quantitative estimate of drug-likeness (QED) is 0.191. The Bertz CT molecular complexity index is 587. The Balaban J connectivity index is 1.78. The van der Waals surface area contributed by atoms with Crippen molar-refractivity contribution in [1.29, 1.82) is 0 Å². The molecule has 0 aliphatic carbocycles. The second-order valence-electron chi connectivity index (χ2n) is 8.40. The van der Waals surface area contributed by atoms with E-state index in [0.717, 1.165) is 31.5 Å². The Labute approximate surface area is 189 Å². The van der Waals surface area contributed by atoms with Gasteiger partial charge in [0.1, 0.15) is 0 Å². The van der Waals surface area contributed by atoms with Crippen molar-refractivity contribution in [2.45, 2.75) is 104 Å². The molecule has 0 heterocycles. The molecule has 0 aliphatic heterocycles. The summed E-state index contributed by atoms with van der Waals surface area (Å²) < 4.78 is 4.94. The van der Waals surface area contributed by atoms with Crippen molar-refractivity contribution in [1.82, 2.24) is 5.32 Å². The molecule has 2 N–H and O–H groups in total. The molecule has 176 valence electrons. The molecule has 5 nitrogen and oxygen atoms in total. The molecule has 0 bridgehead atoms. The van der Waals surface area contributed by atoms with Crippen LogP contribution in [-0.4, -0.2) is 25.2 Å². The largest absolute Gasteiger partial charge is 0.466 e. The fourth-order valence-electron chi connectivity index (χ4n) is 3.59. The Morgan fingerprint density at radius 3 is 1.74 bits per heavy atom. The number of esters is 1. The lowest BCUT2D eigenvalue weighted by molar-refractivity contribution is -0.143. The van der Waals surface area contributed by atoms with Gasteiger partial charge in [0.2, 0.25) is 0 Å². The number of hydrogen-bond donors (Lipinski definition) is 2. The zero-order valence-electron chi connectivity index (χ0n) is 19.8. The first kappa shape index (κ1) is 27.0. The molecule has 0 radical (unpaired) electrons. The number of anilines is 1. The van der Waals surface area contributed by atoms with Crippen LogP contribution in [0.25, 0.3) is 0 Å². The van der Waals surface area contributed by atoms with Gasteiger partial charge in [-0.3, -0.25) is 4.79 Å². The predicted octanol–water partition coefficient (Wildman–Crippen LogP) is 7.14. The van der Waals surface area contributed by atoms with E-state index in [2.05, 4.69) is 10.6 Å². The first-order valence-electron chi connectivity index (χ1n) is 12.4. The van der Waals surface area contributed by atoms with Crippen molar-refractivity contribution in [3.05, 3.63) is 29.8 Å². The highest BCUT2D eigenvalue weighted by Gasteiger charge is 2.01. The number of hydrogen-bond acceptors (Lipinski definition) is 3. The average molecular weight is 433 g/mol. The lowest BCUT2D eigenvalue weighted by atomic mass is 10.0. The third-order valence-corrected chi connectivity index (χ3v) is 5.46. The van der Waals surface area contributed by atoms with Gasteiger partial charge in [0.05, 0.1) is 6.61 Å². The number of amides is 2. The van der Waals surface area contributed by atoms with E-state index in [0.29, 0.717) is 13.0 Å². The van der Waals surface area contributed by atoms with Gasteiger partial charge in [0, 0.05) is 18.7 Å². The summed E-state index contributed by atoms with van der Waals surface area (Å²) in [5.74, 6) is -0.0534. The number of carbonyl (C=O) groups is 2. The monoisotopic (exact) mass is 432 g/mol. The predicted molar refractivity (Wildman–Crippen MR) is 129 cm³/mol. The fraction of sp³-hybridized carbons (Fsp3) is 0.692. The summed E-state index contributed by atoms with van der Waals surface area (Å²) in [5.41, 5.74) is 2.02. The Kier molecular flexibility index (Phi) is 16.3. The van der Waals surface area contributed by atoms with E-state index in [1.165, 1.54) is 69.8 Å². The second kappa shape index (κ2) is 18.7. The van der Waals surface area contributed by atoms with Crippen LogP contribution in [0.1, 0.15) is 102 Å². The summed E-state index contributed by atoms with van der Waals surface area (Å²) >= 11 is 0. The van der Waals surface area contributed by atoms with Crippen molar-refractivity contribution >= 4 is 17.7 Å². The van der Waals surface area contributed by atoms with E-state index < -0.39 is 0 Å². The highest BCUT2D eigenvalue weighted by atomic mass is 16.5. The Morgan fingerprint density at radius 2 is 1.23 bits per heavy atom. The second-order valence-corrected chi connectivity index (χ2v) is 8.40. The molecule has 0 saturated carbocycles. The molecule has 0 fully saturated rings. The van der Waals surface area contributed by atoms with Crippen LogP contribution < -0.4 is 10.6 Å². The topological polar surface area (TPSA) is 67.4 Å². The number of nitrogens with one attached hydrogen (secondary N) is 2.